The molecule has 0 saturated carbocycles. The number of carbonyl (C=O) groups is 18. The van der Waals surface area contributed by atoms with Crippen molar-refractivity contribution < 1.29 is 138 Å². The lowest BCUT2D eigenvalue weighted by Crippen LogP contribution is -2.33. The van der Waals surface area contributed by atoms with Crippen LogP contribution in [-0.2, 0) is 73.1 Å². The Balaban J connectivity index is 1.31. The minimum Gasteiger partial charge on any atom is -0.462 e. The van der Waals surface area contributed by atoms with Crippen molar-refractivity contribution in [1.29, 1.82) is 0 Å². The molecule has 0 aliphatic rings. The van der Waals surface area contributed by atoms with Crippen molar-refractivity contribution in [3.05, 3.63) is 253 Å². The minimum atomic E-state index is -1.02. The van der Waals surface area contributed by atoms with Crippen LogP contribution < -0.4 is 34.3 Å². The summed E-state index contributed by atoms with van der Waals surface area (Å²) in [5.41, 5.74) is -3.90. The normalized spacial score (nSPS) is 10.6. The van der Waals surface area contributed by atoms with Crippen molar-refractivity contribution in [2.75, 3.05) is 150 Å². The average molecular weight is 1830 g/mol. The molecular formula is C97H101N7O29. The molecule has 0 atom stereocenters. The van der Waals surface area contributed by atoms with E-state index in [0.29, 0.717) is 5.56 Å². The van der Waals surface area contributed by atoms with E-state index in [4.69, 9.17) is 52.1 Å². The third-order valence-electron chi connectivity index (χ3n) is 19.9. The van der Waals surface area contributed by atoms with Gasteiger partial charge in [0.2, 0.25) is 0 Å². The van der Waals surface area contributed by atoms with E-state index in [0.717, 1.165) is 52.5 Å². The first-order valence-electron chi connectivity index (χ1n) is 41.9. The second-order valence-electron chi connectivity index (χ2n) is 29.2. The van der Waals surface area contributed by atoms with Gasteiger partial charge in [0, 0.05) is 134 Å². The van der Waals surface area contributed by atoms with Gasteiger partial charge in [-0.15, -0.1) is 0 Å². The maximum absolute atomic E-state index is 16.0. The van der Waals surface area contributed by atoms with Crippen molar-refractivity contribution in [3.8, 4) is 0 Å². The number of benzene rings is 8. The molecule has 0 aliphatic carbocycles. The quantitative estimate of drug-likeness (QED) is 0.0149. The topological polar surface area (TPSA) is 431 Å². The molecule has 0 spiro atoms. The summed E-state index contributed by atoms with van der Waals surface area (Å²) in [7, 11) is 8.90. The van der Waals surface area contributed by atoms with Gasteiger partial charge in [-0.2, -0.15) is 0 Å². The molecule has 8 aromatic carbocycles. The molecule has 0 radical (unpaired) electrons. The maximum atomic E-state index is 16.0. The van der Waals surface area contributed by atoms with E-state index in [1.807, 2.05) is 0 Å². The van der Waals surface area contributed by atoms with E-state index >= 15 is 33.6 Å². The lowest BCUT2D eigenvalue weighted by atomic mass is 10.0. The van der Waals surface area contributed by atoms with Crippen LogP contribution in [0.5, 0.6) is 0 Å². The Labute approximate surface area is 765 Å². The van der Waals surface area contributed by atoms with Gasteiger partial charge in [-0.05, 0) is 207 Å². The van der Waals surface area contributed by atoms with Gasteiger partial charge in [0.25, 0.3) is 41.4 Å². The van der Waals surface area contributed by atoms with Crippen molar-refractivity contribution >= 4 is 147 Å². The van der Waals surface area contributed by atoms with Crippen LogP contribution in [0.15, 0.2) is 164 Å². The largest absolute Gasteiger partial charge is 0.462 e. The van der Waals surface area contributed by atoms with Gasteiger partial charge >= 0.3 is 65.7 Å². The molecule has 7 amide bonds. The van der Waals surface area contributed by atoms with Crippen LogP contribution >= 0.6 is 0 Å². The van der Waals surface area contributed by atoms with E-state index in [-0.39, 0.29) is 197 Å². The third kappa shape index (κ3) is 26.4. The summed E-state index contributed by atoms with van der Waals surface area (Å²) in [6.45, 7) is 15.8. The highest BCUT2D eigenvalue weighted by Crippen LogP contribution is 2.34. The SMILES string of the molecule is C=C(C)C(=O)OCCOC(=O)CCC(=O)OCc1ccc(C(=O)N(C)c2cc(C(=O)N(C)c3cc(C(=O)N(C)c4cc(C(=O)OCC)cc(C(=O)OCC)c4)cc(C(=O)N(C)c4cc(C(=O)OCC)cc(C(=O)OCC)c4)c3)cc(C(=O)N(C)c3cc(C(=O)N(C)c4cc(C(=O)OCC)cc(C(=O)OCC)c4)cc(C(=O)N(C)c4cc(C(=O)OCC)cc(C(=O)OCC)c4)c3)c2)cc1. The van der Waals surface area contributed by atoms with Crippen molar-refractivity contribution in [1.82, 2.24) is 0 Å². The Kier molecular flexibility index (Phi) is 36.4. The summed E-state index contributed by atoms with van der Waals surface area (Å²) in [5, 5.41) is 0. The lowest BCUT2D eigenvalue weighted by molar-refractivity contribution is -0.153. The first-order valence-corrected chi connectivity index (χ1v) is 41.9. The van der Waals surface area contributed by atoms with Crippen LogP contribution in [0.1, 0.15) is 236 Å². The molecule has 0 N–H and O–H groups in total. The zero-order valence-electron chi connectivity index (χ0n) is 76.3. The minimum absolute atomic E-state index is 0.0146. The molecular weight excluding hydrogens is 1730 g/mol. The number of anilines is 7. The fourth-order valence-electron chi connectivity index (χ4n) is 12.9. The number of hydrogen-bond donors (Lipinski definition) is 0. The number of amides is 7. The summed E-state index contributed by atoms with van der Waals surface area (Å²) in [5.74, 6) is -15.8. The number of carbonyl (C=O) groups excluding carboxylic acids is 18. The van der Waals surface area contributed by atoms with E-state index < -0.39 is 125 Å². The predicted molar refractivity (Wildman–Crippen MR) is 484 cm³/mol. The molecule has 8 aromatic rings. The standard InChI is InChI=1S/C97H101N7O29/c1-18-123-90(115)65-37-66(91(116)124-19-2)48-76(47-65)101(14)85(110)61-35-62(86(111)102(15)77-49-67(92(117)125-20-3)38-68(50-77)93(118)126-21-4)44-74(43-61)99(12)83(108)59-34-60(42-73(41-59)98(11)82(107)58-28-26-57(27-29-58)55-133-81(106)31-30-80(105)131-32-33-132-89(114)56(9)10)84(109)100(13)75-45-63(87(112)103(16)78-51-69(94(119)127-22-5)39-70(52-78)95(120)128-23-6)36-64(46-75)88(113)104(17)79-53-71(96(121)129-24-7)40-72(54-79)97(122)130-25-8/h26-29,34-54H,9,18-25,30-33,55H2,1-8,10-17H3. The first kappa shape index (κ1) is 102. The predicted octanol–water partition coefficient (Wildman–Crippen LogP) is 12.5. The van der Waals surface area contributed by atoms with Crippen molar-refractivity contribution in [2.24, 2.45) is 0 Å². The van der Waals surface area contributed by atoms with Gasteiger partial charge in [-0.25, -0.2) is 43.2 Å². The summed E-state index contributed by atoms with van der Waals surface area (Å²) in [4.78, 5) is 260. The second kappa shape index (κ2) is 47.3. The Hall–Kier alpha value is -16.0. The van der Waals surface area contributed by atoms with Gasteiger partial charge < -0.3 is 86.4 Å². The van der Waals surface area contributed by atoms with Gasteiger partial charge in [-0.1, -0.05) is 18.7 Å². The van der Waals surface area contributed by atoms with E-state index in [9.17, 15) is 52.7 Å². The van der Waals surface area contributed by atoms with Gasteiger partial charge in [0.15, 0.2) is 0 Å². The molecule has 0 aliphatic heterocycles. The monoisotopic (exact) mass is 1830 g/mol. The first-order chi connectivity index (χ1) is 63.2. The van der Waals surface area contributed by atoms with Crippen LogP contribution in [0.2, 0.25) is 0 Å². The highest BCUT2D eigenvalue weighted by atomic mass is 16.6. The van der Waals surface area contributed by atoms with Crippen molar-refractivity contribution in [3.63, 3.8) is 0 Å². The second-order valence-corrected chi connectivity index (χ2v) is 29.2. The number of esters is 11. The number of hydrogen-bond acceptors (Lipinski definition) is 29. The van der Waals surface area contributed by atoms with E-state index in [2.05, 4.69) is 6.58 Å². The fraction of sp³-hybridized carbons (Fsp3) is 0.299. The van der Waals surface area contributed by atoms with Crippen LogP contribution in [0.4, 0.5) is 39.8 Å². The molecule has 698 valence electrons. The molecule has 0 saturated heterocycles. The molecule has 0 heterocycles. The Morgan fingerprint density at radius 1 is 0.226 bits per heavy atom. The molecule has 133 heavy (non-hydrogen) atoms. The molecule has 0 fully saturated rings. The highest BCUT2D eigenvalue weighted by molar-refractivity contribution is 6.18. The average Bonchev–Trinajstić information content (AvgIpc) is 0.783. The molecule has 0 bridgehead atoms. The Morgan fingerprint density at radius 3 is 0.594 bits per heavy atom. The Morgan fingerprint density at radius 2 is 0.398 bits per heavy atom. The number of rotatable bonds is 39. The van der Waals surface area contributed by atoms with Crippen molar-refractivity contribution in [2.45, 2.75) is 81.8 Å². The van der Waals surface area contributed by atoms with Crippen LogP contribution in [0.3, 0.4) is 0 Å². The summed E-state index contributed by atoms with van der Waals surface area (Å²) < 4.78 is 57.5. The molecule has 0 aromatic heterocycles. The molecule has 0 unspecified atom stereocenters. The van der Waals surface area contributed by atoms with Crippen LogP contribution in [0.25, 0.3) is 0 Å². The summed E-state index contributed by atoms with van der Waals surface area (Å²) in [6.07, 6.45) is -0.767. The van der Waals surface area contributed by atoms with Gasteiger partial charge in [0.05, 0.1) is 110 Å². The summed E-state index contributed by atoms with van der Waals surface area (Å²) >= 11 is 0. The van der Waals surface area contributed by atoms with Crippen LogP contribution in [0, 0.1) is 0 Å². The molecule has 36 heteroatoms. The Bertz CT molecular complexity index is 5230. The zero-order valence-corrected chi connectivity index (χ0v) is 76.3. The van der Waals surface area contributed by atoms with E-state index in [1.54, 1.807) is 55.4 Å². The molecule has 8 rings (SSSR count). The van der Waals surface area contributed by atoms with Crippen LogP contribution in [-0.4, -0.2) is 222 Å². The highest BCUT2D eigenvalue weighted by Gasteiger charge is 2.32. The number of ether oxygens (including phenoxy) is 11. The van der Waals surface area contributed by atoms with E-state index in [1.165, 1.54) is 190 Å². The third-order valence-corrected chi connectivity index (χ3v) is 19.9. The number of nitrogens with zero attached hydrogens (tertiary/aromatic N) is 7. The lowest BCUT2D eigenvalue weighted by Gasteiger charge is -2.26. The maximum Gasteiger partial charge on any atom is 0.338 e. The molecule has 36 nitrogen and oxygen atoms in total. The summed E-state index contributed by atoms with van der Waals surface area (Å²) in [6, 6.07) is 31.3. The van der Waals surface area contributed by atoms with Gasteiger partial charge in [-0.3, -0.25) is 43.2 Å². The zero-order chi connectivity index (χ0) is 97.9. The smallest absolute Gasteiger partial charge is 0.338 e. The van der Waals surface area contributed by atoms with Gasteiger partial charge in [0.1, 0.15) is 19.8 Å². The fourth-order valence-corrected chi connectivity index (χ4v) is 12.9.